The van der Waals surface area contributed by atoms with Gasteiger partial charge in [-0.3, -0.25) is 9.59 Å². The van der Waals surface area contributed by atoms with Crippen molar-refractivity contribution in [3.05, 3.63) is 78.2 Å². The number of benzene rings is 1. The number of H-pyrrole nitrogens is 1. The number of pyridine rings is 1. The molecule has 0 saturated heterocycles. The number of nitrogens with zero attached hydrogens (tertiary/aromatic N) is 7. The number of methoxy groups -OCH3 is 1. The van der Waals surface area contributed by atoms with Gasteiger partial charge in [0.2, 0.25) is 0 Å². The highest BCUT2D eigenvalue weighted by Crippen LogP contribution is 2.32. The van der Waals surface area contributed by atoms with Crippen LogP contribution in [0.3, 0.4) is 0 Å². The molecule has 0 unspecified atom stereocenters. The molecule has 0 fully saturated rings. The smallest absolute Gasteiger partial charge is 0.295 e. The molecular weight excluding hydrogens is 460 g/mol. The van der Waals surface area contributed by atoms with Crippen LogP contribution in [0.5, 0.6) is 5.75 Å². The van der Waals surface area contributed by atoms with Gasteiger partial charge in [0.05, 0.1) is 48.3 Å². The third kappa shape index (κ3) is 3.44. The Morgan fingerprint density at radius 1 is 1.08 bits per heavy atom. The van der Waals surface area contributed by atoms with Crippen molar-refractivity contribution in [2.75, 3.05) is 13.7 Å². The third-order valence-electron chi connectivity index (χ3n) is 6.37. The number of ketones is 1. The summed E-state index contributed by atoms with van der Waals surface area (Å²) in [6, 6.07) is 9.93. The molecule has 1 aromatic carbocycles. The van der Waals surface area contributed by atoms with Crippen LogP contribution < -0.4 is 4.74 Å². The van der Waals surface area contributed by atoms with Gasteiger partial charge in [-0.05, 0) is 19.1 Å². The second-order valence-corrected chi connectivity index (χ2v) is 8.49. The normalized spacial score (nSPS) is 13.1. The van der Waals surface area contributed by atoms with Crippen molar-refractivity contribution in [2.24, 2.45) is 0 Å². The molecule has 1 N–H and O–H groups in total. The number of fused-ring (bicyclic) bond motifs is 2. The highest BCUT2D eigenvalue weighted by atomic mass is 16.5. The minimum atomic E-state index is -0.627. The predicted molar refractivity (Wildman–Crippen MR) is 129 cm³/mol. The van der Waals surface area contributed by atoms with Crippen LogP contribution in [0.25, 0.3) is 22.4 Å². The molecule has 5 aromatic rings. The molecule has 0 atom stereocenters. The summed E-state index contributed by atoms with van der Waals surface area (Å²) in [5.74, 6) is 0.195. The maximum Gasteiger partial charge on any atom is 0.295 e. The summed E-state index contributed by atoms with van der Waals surface area (Å²) in [6.07, 6.45) is 6.92. The van der Waals surface area contributed by atoms with Crippen molar-refractivity contribution in [1.29, 1.82) is 0 Å². The molecule has 0 bridgehead atoms. The van der Waals surface area contributed by atoms with Crippen molar-refractivity contribution < 1.29 is 14.3 Å². The van der Waals surface area contributed by atoms with E-state index in [0.29, 0.717) is 41.3 Å². The zero-order chi connectivity index (χ0) is 24.8. The van der Waals surface area contributed by atoms with E-state index in [1.807, 2.05) is 34.9 Å². The fourth-order valence-corrected chi connectivity index (χ4v) is 4.61. The van der Waals surface area contributed by atoms with E-state index < -0.39 is 11.7 Å². The van der Waals surface area contributed by atoms with Crippen LogP contribution in [0.2, 0.25) is 0 Å². The fourth-order valence-electron chi connectivity index (χ4n) is 4.61. The van der Waals surface area contributed by atoms with Crippen molar-refractivity contribution in [3.8, 4) is 17.3 Å². The van der Waals surface area contributed by atoms with Crippen LogP contribution in [0.15, 0.2) is 55.4 Å². The highest BCUT2D eigenvalue weighted by molar-refractivity contribution is 6.45. The molecule has 0 saturated carbocycles. The number of hydrogen-bond donors (Lipinski definition) is 1. The third-order valence-corrected chi connectivity index (χ3v) is 6.37. The lowest BCUT2D eigenvalue weighted by molar-refractivity contribution is -0.127. The molecular formula is C25H22N8O3. The van der Waals surface area contributed by atoms with E-state index in [1.54, 1.807) is 18.2 Å². The Hall–Kier alpha value is -4.80. The summed E-state index contributed by atoms with van der Waals surface area (Å²) < 4.78 is 9.02. The zero-order valence-electron chi connectivity index (χ0n) is 19.7. The second kappa shape index (κ2) is 8.45. The molecule has 6 rings (SSSR count). The van der Waals surface area contributed by atoms with E-state index >= 15 is 0 Å². The van der Waals surface area contributed by atoms with Crippen LogP contribution in [0.4, 0.5) is 0 Å². The molecule has 180 valence electrons. The summed E-state index contributed by atoms with van der Waals surface area (Å²) >= 11 is 0. The Balaban J connectivity index is 1.31. The summed E-state index contributed by atoms with van der Waals surface area (Å²) in [4.78, 5) is 44.5. The Morgan fingerprint density at radius 3 is 2.67 bits per heavy atom. The topological polar surface area (TPSA) is 124 Å². The van der Waals surface area contributed by atoms with Gasteiger partial charge in [0.1, 0.15) is 17.9 Å². The number of para-hydroxylation sites is 1. The van der Waals surface area contributed by atoms with E-state index in [0.717, 1.165) is 17.1 Å². The maximum absolute atomic E-state index is 13.4. The van der Waals surface area contributed by atoms with Gasteiger partial charge < -0.3 is 19.2 Å². The molecule has 0 radical (unpaired) electrons. The Kier molecular flexibility index (Phi) is 5.10. The largest absolute Gasteiger partial charge is 0.494 e. The van der Waals surface area contributed by atoms with E-state index in [2.05, 4.69) is 25.0 Å². The van der Waals surface area contributed by atoms with Gasteiger partial charge in [-0.1, -0.05) is 18.2 Å². The van der Waals surface area contributed by atoms with Crippen LogP contribution in [-0.4, -0.2) is 64.5 Å². The standard InChI is InChI=1S/C25H22N8O3/c1-15-28-14-33(30-15)24-22-21(20(36-2)11-27-24)17(10-26-22)23(34)25(35)31-9-8-19-18(12-31)29-13-32(19)16-6-4-3-5-7-16/h3-7,10-11,13-14,26H,8-9,12H2,1-2H3. The summed E-state index contributed by atoms with van der Waals surface area (Å²) in [7, 11) is 1.49. The number of ether oxygens (including phenoxy) is 1. The number of hydrogen-bond acceptors (Lipinski definition) is 7. The summed E-state index contributed by atoms with van der Waals surface area (Å²) in [5, 5.41) is 4.78. The Morgan fingerprint density at radius 2 is 1.92 bits per heavy atom. The highest BCUT2D eigenvalue weighted by Gasteiger charge is 2.31. The minimum Gasteiger partial charge on any atom is -0.494 e. The molecule has 1 aliphatic rings. The van der Waals surface area contributed by atoms with Crippen LogP contribution in [0, 0.1) is 6.92 Å². The molecule has 36 heavy (non-hydrogen) atoms. The van der Waals surface area contributed by atoms with Gasteiger partial charge >= 0.3 is 0 Å². The van der Waals surface area contributed by atoms with Crippen LogP contribution in [-0.2, 0) is 17.8 Å². The first-order valence-corrected chi connectivity index (χ1v) is 11.4. The molecule has 0 spiro atoms. The van der Waals surface area contributed by atoms with Crippen LogP contribution in [0.1, 0.15) is 27.6 Å². The van der Waals surface area contributed by atoms with E-state index in [1.165, 1.54) is 30.5 Å². The number of aryl methyl sites for hydroxylation is 1. The zero-order valence-corrected chi connectivity index (χ0v) is 19.7. The van der Waals surface area contributed by atoms with E-state index in [4.69, 9.17) is 4.74 Å². The number of imidazole rings is 1. The average molecular weight is 483 g/mol. The van der Waals surface area contributed by atoms with Gasteiger partial charge in [-0.25, -0.2) is 19.6 Å². The van der Waals surface area contributed by atoms with Crippen LogP contribution >= 0.6 is 0 Å². The first kappa shape index (κ1) is 21.7. The Labute approximate surface area is 205 Å². The van der Waals surface area contributed by atoms with Gasteiger partial charge in [-0.15, -0.1) is 0 Å². The number of carbonyl (C=O) groups excluding carboxylic acids is 2. The molecule has 4 aromatic heterocycles. The molecule has 5 heterocycles. The first-order valence-electron chi connectivity index (χ1n) is 11.4. The number of rotatable bonds is 5. The van der Waals surface area contributed by atoms with Crippen molar-refractivity contribution >= 4 is 22.6 Å². The number of aromatic amines is 1. The van der Waals surface area contributed by atoms with E-state index in [-0.39, 0.29) is 12.1 Å². The lowest BCUT2D eigenvalue weighted by Gasteiger charge is -2.26. The lowest BCUT2D eigenvalue weighted by Crippen LogP contribution is -2.40. The van der Waals surface area contributed by atoms with Crippen molar-refractivity contribution in [1.82, 2.24) is 39.2 Å². The Bertz CT molecular complexity index is 1620. The number of aromatic nitrogens is 7. The van der Waals surface area contributed by atoms with Gasteiger partial charge in [-0.2, -0.15) is 5.10 Å². The van der Waals surface area contributed by atoms with Crippen molar-refractivity contribution in [3.63, 3.8) is 0 Å². The quantitative estimate of drug-likeness (QED) is 0.301. The maximum atomic E-state index is 13.4. The lowest BCUT2D eigenvalue weighted by atomic mass is 10.1. The van der Waals surface area contributed by atoms with Gasteiger partial charge in [0, 0.05) is 30.5 Å². The molecule has 1 amide bonds. The molecule has 0 aliphatic carbocycles. The monoisotopic (exact) mass is 482 g/mol. The predicted octanol–water partition coefficient (Wildman–Crippen LogP) is 2.41. The fraction of sp³-hybridized carbons (Fsp3) is 0.200. The van der Waals surface area contributed by atoms with E-state index in [9.17, 15) is 9.59 Å². The number of carbonyl (C=O) groups is 2. The number of nitrogens with one attached hydrogen (secondary N) is 1. The molecule has 11 heteroatoms. The summed E-state index contributed by atoms with van der Waals surface area (Å²) in [6.45, 7) is 2.46. The minimum absolute atomic E-state index is 0.216. The van der Waals surface area contributed by atoms with Crippen molar-refractivity contribution in [2.45, 2.75) is 19.9 Å². The SMILES string of the molecule is COc1cnc(-n2cnc(C)n2)c2[nH]cc(C(=O)C(=O)N3CCc4c(ncn4-c4ccccc4)C3)c12. The van der Waals surface area contributed by atoms with Gasteiger partial charge in [0.25, 0.3) is 11.7 Å². The van der Waals surface area contributed by atoms with Gasteiger partial charge in [0.15, 0.2) is 5.82 Å². The number of amides is 1. The first-order chi connectivity index (χ1) is 17.5. The second-order valence-electron chi connectivity index (χ2n) is 8.49. The number of Topliss-reactive ketones (excluding diaryl/α,β-unsaturated/α-hetero) is 1. The average Bonchev–Trinajstić information content (AvgIpc) is 3.65. The molecule has 11 nitrogen and oxygen atoms in total. The summed E-state index contributed by atoms with van der Waals surface area (Å²) in [5.41, 5.74) is 3.59. The molecule has 1 aliphatic heterocycles.